The Hall–Kier alpha value is -2.98. The Balaban J connectivity index is 1.54. The van der Waals surface area contributed by atoms with Crippen LogP contribution in [0.4, 0.5) is 11.5 Å². The highest BCUT2D eigenvalue weighted by Gasteiger charge is 2.20. The summed E-state index contributed by atoms with van der Waals surface area (Å²) >= 11 is 0. The van der Waals surface area contributed by atoms with E-state index < -0.39 is 0 Å². The summed E-state index contributed by atoms with van der Waals surface area (Å²) in [6, 6.07) is 9.65. The van der Waals surface area contributed by atoms with Crippen LogP contribution < -0.4 is 5.32 Å². The van der Waals surface area contributed by atoms with Crippen molar-refractivity contribution in [3.8, 4) is 6.07 Å². The van der Waals surface area contributed by atoms with Gasteiger partial charge in [0.15, 0.2) is 5.69 Å². The Labute approximate surface area is 153 Å². The van der Waals surface area contributed by atoms with Crippen LogP contribution in [0.15, 0.2) is 36.7 Å². The Morgan fingerprint density at radius 1 is 1.15 bits per heavy atom. The first kappa shape index (κ1) is 17.8. The van der Waals surface area contributed by atoms with Crippen LogP contribution in [0.5, 0.6) is 0 Å². The number of nitrogens with one attached hydrogen (secondary N) is 1. The largest absolute Gasteiger partial charge is 0.340 e. The molecule has 3 rings (SSSR count). The molecule has 1 amide bonds. The average Bonchev–Trinajstić information content (AvgIpc) is 2.70. The molecule has 0 radical (unpaired) electrons. The number of likely N-dealkylation sites (N-methyl/N-ethyl adjacent to an activating group) is 1. The summed E-state index contributed by atoms with van der Waals surface area (Å²) in [5.41, 5.74) is 2.13. The lowest BCUT2D eigenvalue weighted by Gasteiger charge is -2.34. The van der Waals surface area contributed by atoms with Crippen LogP contribution in [-0.2, 0) is 11.2 Å². The van der Waals surface area contributed by atoms with Crippen LogP contribution >= 0.6 is 0 Å². The van der Waals surface area contributed by atoms with Gasteiger partial charge < -0.3 is 15.1 Å². The first-order chi connectivity index (χ1) is 12.7. The van der Waals surface area contributed by atoms with Crippen molar-refractivity contribution in [2.75, 3.05) is 38.0 Å². The van der Waals surface area contributed by atoms with Crippen LogP contribution in [0.2, 0.25) is 0 Å². The normalized spacial score (nSPS) is 14.7. The Bertz CT molecular complexity index is 773. The first-order valence-electron chi connectivity index (χ1n) is 8.76. The Morgan fingerprint density at radius 3 is 2.46 bits per heavy atom. The van der Waals surface area contributed by atoms with E-state index in [4.69, 9.17) is 5.26 Å². The highest BCUT2D eigenvalue weighted by molar-refractivity contribution is 5.79. The molecule has 0 bridgehead atoms. The van der Waals surface area contributed by atoms with Crippen LogP contribution in [0.1, 0.15) is 18.2 Å². The summed E-state index contributed by atoms with van der Waals surface area (Å²) in [6.45, 7) is 6.72. The molecule has 0 aliphatic carbocycles. The number of carbonyl (C=O) groups excluding carboxylic acids is 1. The number of carbonyl (C=O) groups is 1. The lowest BCUT2D eigenvalue weighted by molar-refractivity contribution is -0.132. The molecule has 0 spiro atoms. The Morgan fingerprint density at radius 2 is 1.88 bits per heavy atom. The summed E-state index contributed by atoms with van der Waals surface area (Å²) < 4.78 is 0. The maximum Gasteiger partial charge on any atom is 0.227 e. The number of piperazine rings is 1. The van der Waals surface area contributed by atoms with Crippen molar-refractivity contribution in [1.29, 1.82) is 5.26 Å². The smallest absolute Gasteiger partial charge is 0.227 e. The van der Waals surface area contributed by atoms with Crippen molar-refractivity contribution in [3.05, 3.63) is 47.9 Å². The van der Waals surface area contributed by atoms with Crippen molar-refractivity contribution < 1.29 is 4.79 Å². The molecule has 134 valence electrons. The Kier molecular flexibility index (Phi) is 5.77. The summed E-state index contributed by atoms with van der Waals surface area (Å²) in [5.74, 6) is 0.751. The summed E-state index contributed by atoms with van der Waals surface area (Å²) in [4.78, 5) is 24.9. The standard InChI is InChI=1S/C19H22N6O/c1-2-24-7-9-25(10-8-24)19(26)11-15-3-5-16(6-4-15)23-18-14-21-17(12-20)13-22-18/h3-6,13-14H,2,7-11H2,1H3,(H,22,23). The molecule has 0 atom stereocenters. The second-order valence-electron chi connectivity index (χ2n) is 6.21. The van der Waals surface area contributed by atoms with Gasteiger partial charge in [-0.3, -0.25) is 4.79 Å². The van der Waals surface area contributed by atoms with E-state index >= 15 is 0 Å². The third-order valence-electron chi connectivity index (χ3n) is 4.52. The van der Waals surface area contributed by atoms with Gasteiger partial charge in [-0.1, -0.05) is 19.1 Å². The quantitative estimate of drug-likeness (QED) is 0.885. The van der Waals surface area contributed by atoms with E-state index in [1.54, 1.807) is 0 Å². The molecule has 1 N–H and O–H groups in total. The number of aromatic nitrogens is 2. The molecule has 1 aliphatic rings. The zero-order chi connectivity index (χ0) is 18.4. The van der Waals surface area contributed by atoms with Crippen molar-refractivity contribution in [3.63, 3.8) is 0 Å². The van der Waals surface area contributed by atoms with E-state index in [2.05, 4.69) is 27.1 Å². The SMILES string of the molecule is CCN1CCN(C(=O)Cc2ccc(Nc3cnc(C#N)cn3)cc2)CC1. The number of nitrogens with zero attached hydrogens (tertiary/aromatic N) is 5. The zero-order valence-corrected chi connectivity index (χ0v) is 14.9. The monoisotopic (exact) mass is 350 g/mol. The predicted molar refractivity (Wildman–Crippen MR) is 98.9 cm³/mol. The number of anilines is 2. The van der Waals surface area contributed by atoms with Gasteiger partial charge in [-0.2, -0.15) is 5.26 Å². The van der Waals surface area contributed by atoms with E-state index in [9.17, 15) is 4.79 Å². The fourth-order valence-electron chi connectivity index (χ4n) is 2.90. The second-order valence-corrected chi connectivity index (χ2v) is 6.21. The minimum Gasteiger partial charge on any atom is -0.340 e. The third kappa shape index (κ3) is 4.55. The van der Waals surface area contributed by atoms with Gasteiger partial charge in [-0.05, 0) is 24.2 Å². The van der Waals surface area contributed by atoms with Crippen LogP contribution in [0, 0.1) is 11.3 Å². The first-order valence-corrected chi connectivity index (χ1v) is 8.76. The molecule has 26 heavy (non-hydrogen) atoms. The van der Waals surface area contributed by atoms with E-state index in [1.807, 2.05) is 35.2 Å². The van der Waals surface area contributed by atoms with Gasteiger partial charge in [0.2, 0.25) is 5.91 Å². The molecule has 1 saturated heterocycles. The molecule has 1 aliphatic heterocycles. The van der Waals surface area contributed by atoms with Crippen LogP contribution in [0.3, 0.4) is 0 Å². The average molecular weight is 350 g/mol. The minimum atomic E-state index is 0.180. The lowest BCUT2D eigenvalue weighted by atomic mass is 10.1. The summed E-state index contributed by atoms with van der Waals surface area (Å²) in [6.07, 6.45) is 3.36. The van der Waals surface area contributed by atoms with Crippen molar-refractivity contribution in [1.82, 2.24) is 19.8 Å². The minimum absolute atomic E-state index is 0.180. The van der Waals surface area contributed by atoms with Gasteiger partial charge in [0.1, 0.15) is 11.9 Å². The van der Waals surface area contributed by atoms with Crippen molar-refractivity contribution >= 4 is 17.4 Å². The van der Waals surface area contributed by atoms with E-state index in [-0.39, 0.29) is 11.6 Å². The molecule has 0 saturated carbocycles. The van der Waals surface area contributed by atoms with Crippen molar-refractivity contribution in [2.24, 2.45) is 0 Å². The van der Waals surface area contributed by atoms with Gasteiger partial charge in [0.25, 0.3) is 0 Å². The molecule has 7 nitrogen and oxygen atoms in total. The van der Waals surface area contributed by atoms with Crippen LogP contribution in [-0.4, -0.2) is 58.4 Å². The lowest BCUT2D eigenvalue weighted by Crippen LogP contribution is -2.48. The van der Waals surface area contributed by atoms with Crippen LogP contribution in [0.25, 0.3) is 0 Å². The van der Waals surface area contributed by atoms with Gasteiger partial charge in [-0.15, -0.1) is 0 Å². The fraction of sp³-hybridized carbons (Fsp3) is 0.368. The number of benzene rings is 1. The fourth-order valence-corrected chi connectivity index (χ4v) is 2.90. The molecular formula is C19H22N6O. The van der Waals surface area contributed by atoms with Gasteiger partial charge in [0.05, 0.1) is 18.8 Å². The second kappa shape index (κ2) is 8.41. The molecule has 2 aromatic rings. The number of hydrogen-bond acceptors (Lipinski definition) is 6. The molecular weight excluding hydrogens is 328 g/mol. The van der Waals surface area contributed by atoms with Gasteiger partial charge in [-0.25, -0.2) is 9.97 Å². The van der Waals surface area contributed by atoms with E-state index in [0.29, 0.717) is 12.2 Å². The number of amides is 1. The highest BCUT2D eigenvalue weighted by atomic mass is 16.2. The maximum atomic E-state index is 12.4. The molecule has 1 fully saturated rings. The molecule has 1 aromatic carbocycles. The zero-order valence-electron chi connectivity index (χ0n) is 14.9. The molecule has 0 unspecified atom stereocenters. The number of nitriles is 1. The molecule has 7 heteroatoms. The van der Waals surface area contributed by atoms with E-state index in [1.165, 1.54) is 12.4 Å². The highest BCUT2D eigenvalue weighted by Crippen LogP contribution is 2.15. The summed E-state index contributed by atoms with van der Waals surface area (Å²) in [5, 5.41) is 11.9. The maximum absolute atomic E-state index is 12.4. The van der Waals surface area contributed by atoms with Gasteiger partial charge in [0, 0.05) is 31.9 Å². The number of hydrogen-bond donors (Lipinski definition) is 1. The predicted octanol–water partition coefficient (Wildman–Crippen LogP) is 1.80. The molecule has 1 aromatic heterocycles. The van der Waals surface area contributed by atoms with E-state index in [0.717, 1.165) is 44.0 Å². The molecule has 2 heterocycles. The summed E-state index contributed by atoms with van der Waals surface area (Å²) in [7, 11) is 0. The topological polar surface area (TPSA) is 85.1 Å². The van der Waals surface area contributed by atoms with Crippen molar-refractivity contribution in [2.45, 2.75) is 13.3 Å². The number of rotatable bonds is 5. The van der Waals surface area contributed by atoms with Gasteiger partial charge >= 0.3 is 0 Å². The third-order valence-corrected chi connectivity index (χ3v) is 4.52.